The first-order valence-corrected chi connectivity index (χ1v) is 3.41. The van der Waals surface area contributed by atoms with Crippen LogP contribution in [0.4, 0.5) is 0 Å². The average Bonchev–Trinajstić information content (AvgIpc) is 2.08. The number of aliphatic hydroxyl groups excluding tert-OH is 5. The Hall–Kier alpha value is -0.530. The minimum Gasteiger partial charge on any atom is -0.387 e. The summed E-state index contributed by atoms with van der Waals surface area (Å²) in [6.45, 7) is 0. The fourth-order valence-corrected chi connectivity index (χ4v) is 1.09. The Labute approximate surface area is 67.7 Å². The van der Waals surface area contributed by atoms with E-state index in [0.717, 1.165) is 0 Å². The summed E-state index contributed by atoms with van der Waals surface area (Å²) in [4.78, 5) is 10.8. The maximum atomic E-state index is 10.8. The van der Waals surface area contributed by atoms with Gasteiger partial charge in [-0.25, -0.2) is 0 Å². The monoisotopic (exact) mass is 178 g/mol. The quantitative estimate of drug-likeness (QED) is 0.261. The molecule has 6 heteroatoms. The first-order chi connectivity index (χ1) is 5.46. The smallest absolute Gasteiger partial charge is 0.195 e. The Bertz CT molecular complexity index is 174. The summed E-state index contributed by atoms with van der Waals surface area (Å²) in [5.74, 6) is -1.08. The molecule has 2 unspecified atom stereocenters. The van der Waals surface area contributed by atoms with Crippen molar-refractivity contribution in [3.05, 3.63) is 0 Å². The predicted octanol–water partition coefficient (Wildman–Crippen LogP) is -3.63. The molecule has 12 heavy (non-hydrogen) atoms. The highest BCUT2D eigenvalue weighted by Crippen LogP contribution is 2.17. The Morgan fingerprint density at radius 2 is 1.08 bits per heavy atom. The molecule has 0 aromatic heterocycles. The van der Waals surface area contributed by atoms with Gasteiger partial charge in [-0.05, 0) is 0 Å². The lowest BCUT2D eigenvalue weighted by molar-refractivity contribution is -0.185. The first-order valence-electron chi connectivity index (χ1n) is 3.41. The van der Waals surface area contributed by atoms with Crippen LogP contribution in [0.15, 0.2) is 0 Å². The zero-order valence-corrected chi connectivity index (χ0v) is 6.03. The number of aliphatic hydroxyl groups is 5. The van der Waals surface area contributed by atoms with Crippen molar-refractivity contribution in [2.45, 2.75) is 30.5 Å². The average molecular weight is 178 g/mol. The molecule has 5 N–H and O–H groups in total. The summed E-state index contributed by atoms with van der Waals surface area (Å²) in [7, 11) is 0. The lowest BCUT2D eigenvalue weighted by Crippen LogP contribution is -2.61. The topological polar surface area (TPSA) is 118 Å². The SMILES string of the molecule is O=C1C(O)[C@H](O)C(O)[C@@H](O)[C@H]1O. The predicted molar refractivity (Wildman–Crippen MR) is 35.0 cm³/mol. The Balaban J connectivity index is 2.83. The van der Waals surface area contributed by atoms with Crippen LogP contribution in [0.3, 0.4) is 0 Å². The molecule has 70 valence electrons. The van der Waals surface area contributed by atoms with E-state index in [-0.39, 0.29) is 0 Å². The third kappa shape index (κ3) is 1.23. The molecule has 1 saturated carbocycles. The molecule has 0 amide bonds. The Morgan fingerprint density at radius 3 is 1.42 bits per heavy atom. The zero-order valence-electron chi connectivity index (χ0n) is 6.03. The number of rotatable bonds is 0. The van der Waals surface area contributed by atoms with Gasteiger partial charge in [0.15, 0.2) is 5.78 Å². The molecule has 0 heterocycles. The molecule has 0 aromatic carbocycles. The number of hydrogen-bond acceptors (Lipinski definition) is 6. The van der Waals surface area contributed by atoms with Gasteiger partial charge in [0.05, 0.1) is 0 Å². The summed E-state index contributed by atoms with van der Waals surface area (Å²) in [5, 5.41) is 44.5. The number of carbonyl (C=O) groups is 1. The Kier molecular flexibility index (Phi) is 2.45. The van der Waals surface area contributed by atoms with Crippen LogP contribution in [0.25, 0.3) is 0 Å². The van der Waals surface area contributed by atoms with E-state index in [0.29, 0.717) is 0 Å². The normalized spacial score (nSPS) is 49.4. The second-order valence-electron chi connectivity index (χ2n) is 2.76. The van der Waals surface area contributed by atoms with Gasteiger partial charge in [0.1, 0.15) is 30.5 Å². The minimum absolute atomic E-state index is 1.08. The number of hydrogen-bond donors (Lipinski definition) is 5. The molecule has 0 aliphatic heterocycles. The van der Waals surface area contributed by atoms with Gasteiger partial charge >= 0.3 is 0 Å². The summed E-state index contributed by atoms with van der Waals surface area (Å²) < 4.78 is 0. The van der Waals surface area contributed by atoms with E-state index >= 15 is 0 Å². The van der Waals surface area contributed by atoms with E-state index in [1.807, 2.05) is 0 Å². The molecule has 1 aliphatic rings. The van der Waals surface area contributed by atoms with Crippen LogP contribution in [-0.4, -0.2) is 61.8 Å². The lowest BCUT2D eigenvalue weighted by atomic mass is 9.86. The molecule has 1 fully saturated rings. The number of carbonyl (C=O) groups excluding carboxylic acids is 1. The third-order valence-corrected chi connectivity index (χ3v) is 1.93. The van der Waals surface area contributed by atoms with Crippen LogP contribution in [0.5, 0.6) is 0 Å². The van der Waals surface area contributed by atoms with E-state index in [1.54, 1.807) is 0 Å². The van der Waals surface area contributed by atoms with E-state index in [1.165, 1.54) is 0 Å². The van der Waals surface area contributed by atoms with Crippen LogP contribution < -0.4 is 0 Å². The lowest BCUT2D eigenvalue weighted by Gasteiger charge is -2.34. The highest BCUT2D eigenvalue weighted by molar-refractivity contribution is 5.89. The van der Waals surface area contributed by atoms with E-state index in [2.05, 4.69) is 0 Å². The Morgan fingerprint density at radius 1 is 0.750 bits per heavy atom. The van der Waals surface area contributed by atoms with Crippen LogP contribution >= 0.6 is 0 Å². The molecule has 0 saturated heterocycles. The van der Waals surface area contributed by atoms with Crippen molar-refractivity contribution >= 4 is 5.78 Å². The standard InChI is InChI=1S/C6H10O6/c7-1-2(8)4(10)6(12)5(11)3(1)9/h1-5,7-11H/t1?,2-,3-,4-,5?/m1/s1. The third-order valence-electron chi connectivity index (χ3n) is 1.93. The largest absolute Gasteiger partial charge is 0.387 e. The van der Waals surface area contributed by atoms with Crippen LogP contribution in [0.2, 0.25) is 0 Å². The molecular weight excluding hydrogens is 168 g/mol. The molecule has 0 bridgehead atoms. The van der Waals surface area contributed by atoms with E-state index in [9.17, 15) is 4.79 Å². The van der Waals surface area contributed by atoms with Gasteiger partial charge in [-0.2, -0.15) is 0 Å². The van der Waals surface area contributed by atoms with Crippen molar-refractivity contribution in [3.8, 4) is 0 Å². The zero-order chi connectivity index (χ0) is 9.46. The molecule has 0 aromatic rings. The summed E-state index contributed by atoms with van der Waals surface area (Å²) >= 11 is 0. The van der Waals surface area contributed by atoms with Crippen LogP contribution in [0, 0.1) is 0 Å². The van der Waals surface area contributed by atoms with Gasteiger partial charge in [-0.1, -0.05) is 0 Å². The van der Waals surface area contributed by atoms with Crippen molar-refractivity contribution < 1.29 is 30.3 Å². The van der Waals surface area contributed by atoms with Gasteiger partial charge in [0, 0.05) is 0 Å². The van der Waals surface area contributed by atoms with E-state index < -0.39 is 36.3 Å². The number of Topliss-reactive ketones (excluding diaryl/α,β-unsaturated/α-hetero) is 1. The van der Waals surface area contributed by atoms with Crippen molar-refractivity contribution in [3.63, 3.8) is 0 Å². The van der Waals surface area contributed by atoms with Crippen molar-refractivity contribution in [1.29, 1.82) is 0 Å². The molecule has 1 rings (SSSR count). The highest BCUT2D eigenvalue weighted by atomic mass is 16.4. The first kappa shape index (κ1) is 9.56. The fraction of sp³-hybridized carbons (Fsp3) is 0.833. The van der Waals surface area contributed by atoms with Gasteiger partial charge in [0.2, 0.25) is 0 Å². The number of ketones is 1. The van der Waals surface area contributed by atoms with Crippen molar-refractivity contribution in [2.75, 3.05) is 0 Å². The maximum absolute atomic E-state index is 10.8. The summed E-state index contributed by atoms with van der Waals surface area (Å²) in [6.07, 6.45) is -8.85. The highest BCUT2D eigenvalue weighted by Gasteiger charge is 2.47. The van der Waals surface area contributed by atoms with Crippen molar-refractivity contribution in [1.82, 2.24) is 0 Å². The van der Waals surface area contributed by atoms with Gasteiger partial charge in [-0.15, -0.1) is 0 Å². The van der Waals surface area contributed by atoms with Crippen LogP contribution in [-0.2, 0) is 4.79 Å². The maximum Gasteiger partial charge on any atom is 0.195 e. The van der Waals surface area contributed by atoms with Gasteiger partial charge in [0.25, 0.3) is 0 Å². The second kappa shape index (κ2) is 3.08. The molecular formula is C6H10O6. The molecule has 1 aliphatic carbocycles. The van der Waals surface area contributed by atoms with Gasteiger partial charge < -0.3 is 25.5 Å². The minimum atomic E-state index is -1.83. The molecule has 5 atom stereocenters. The van der Waals surface area contributed by atoms with Gasteiger partial charge in [-0.3, -0.25) is 4.79 Å². The van der Waals surface area contributed by atoms with Crippen LogP contribution in [0.1, 0.15) is 0 Å². The molecule has 6 nitrogen and oxygen atoms in total. The summed E-state index contributed by atoms with van der Waals surface area (Å²) in [5.41, 5.74) is 0. The van der Waals surface area contributed by atoms with E-state index in [4.69, 9.17) is 25.5 Å². The second-order valence-corrected chi connectivity index (χ2v) is 2.76. The fourth-order valence-electron chi connectivity index (χ4n) is 1.09. The van der Waals surface area contributed by atoms with Crippen molar-refractivity contribution in [2.24, 2.45) is 0 Å². The molecule has 0 radical (unpaired) electrons. The molecule has 0 spiro atoms. The summed E-state index contributed by atoms with van der Waals surface area (Å²) in [6, 6.07) is 0.